The molecule has 3 N–H and O–H groups in total. The largest absolute Gasteiger partial charge is 0.493 e. The van der Waals surface area contributed by atoms with E-state index in [9.17, 15) is 9.59 Å². The molecular weight excluding hydrogens is 612 g/mol. The van der Waals surface area contributed by atoms with Crippen molar-refractivity contribution in [3.05, 3.63) is 91.8 Å². The molecule has 1 amide bonds. The maximum atomic E-state index is 13.2. The number of thiophene rings is 1. The minimum absolute atomic E-state index is 0.0984. The minimum Gasteiger partial charge on any atom is -0.493 e. The first-order valence-electron chi connectivity index (χ1n) is 14.4. The zero-order valence-electron chi connectivity index (χ0n) is 25.4. The van der Waals surface area contributed by atoms with Gasteiger partial charge in [-0.3, -0.25) is 14.4 Å². The Balaban J connectivity index is 1.28. The van der Waals surface area contributed by atoms with Crippen molar-refractivity contribution in [2.75, 3.05) is 26.8 Å². The van der Waals surface area contributed by atoms with Crippen molar-refractivity contribution >= 4 is 40.5 Å². The molecule has 0 radical (unpaired) electrons. The molecule has 5 rings (SSSR count). The zero-order valence-corrected chi connectivity index (χ0v) is 27.0. The summed E-state index contributed by atoms with van der Waals surface area (Å²) in [6, 6.07) is 12.0. The molecule has 0 saturated carbocycles. The quantitative estimate of drug-likeness (QED) is 0.151. The first-order chi connectivity index (χ1) is 21.7. The van der Waals surface area contributed by atoms with Gasteiger partial charge in [0.2, 0.25) is 5.91 Å². The van der Waals surface area contributed by atoms with Crippen molar-refractivity contribution < 1.29 is 19.1 Å². The summed E-state index contributed by atoms with van der Waals surface area (Å²) >= 11 is 7.86. The Morgan fingerprint density at radius 3 is 2.64 bits per heavy atom. The molecular formula is C33H33ClN6O4S. The lowest BCUT2D eigenvalue weighted by Gasteiger charge is -2.13. The lowest BCUT2D eigenvalue weighted by atomic mass is 9.99. The van der Waals surface area contributed by atoms with Gasteiger partial charge >= 0.3 is 5.97 Å². The zero-order chi connectivity index (χ0) is 32.1. The van der Waals surface area contributed by atoms with E-state index in [2.05, 4.69) is 41.2 Å². The maximum absolute atomic E-state index is 13.2. The molecule has 45 heavy (non-hydrogen) atoms. The molecule has 4 aromatic rings. The minimum atomic E-state index is -0.547. The summed E-state index contributed by atoms with van der Waals surface area (Å²) in [5.41, 5.74) is 10.2. The smallest absolute Gasteiger partial charge is 0.339 e. The highest BCUT2D eigenvalue weighted by Crippen LogP contribution is 2.39. The third-order valence-corrected chi connectivity index (χ3v) is 8.81. The Labute approximate surface area is 270 Å². The number of benzene rings is 2. The van der Waals surface area contributed by atoms with Crippen molar-refractivity contribution in [1.29, 1.82) is 0 Å². The summed E-state index contributed by atoms with van der Waals surface area (Å²) in [6.45, 7) is 6.99. The molecule has 3 heterocycles. The van der Waals surface area contributed by atoms with E-state index in [1.54, 1.807) is 29.5 Å². The van der Waals surface area contributed by atoms with E-state index >= 15 is 0 Å². The number of amides is 1. The van der Waals surface area contributed by atoms with Crippen LogP contribution in [0.1, 0.15) is 68.0 Å². The second kappa shape index (κ2) is 14.1. The summed E-state index contributed by atoms with van der Waals surface area (Å²) in [5.74, 6) is 6.89. The van der Waals surface area contributed by atoms with E-state index in [0.29, 0.717) is 47.3 Å². The number of methoxy groups -OCH3 is 1. The number of hydrogen-bond acceptors (Lipinski definition) is 9. The lowest BCUT2D eigenvalue weighted by molar-refractivity contribution is -0.121. The van der Waals surface area contributed by atoms with Crippen LogP contribution >= 0.6 is 22.9 Å². The first-order valence-corrected chi connectivity index (χ1v) is 15.6. The molecule has 2 aromatic carbocycles. The van der Waals surface area contributed by atoms with Crippen LogP contribution in [-0.4, -0.2) is 59.2 Å². The van der Waals surface area contributed by atoms with Gasteiger partial charge in [0.05, 0.1) is 38.0 Å². The number of hydrogen-bond donors (Lipinski definition) is 2. The van der Waals surface area contributed by atoms with Crippen molar-refractivity contribution in [2.24, 2.45) is 10.7 Å². The molecule has 0 saturated heterocycles. The fraction of sp³-hybridized carbons (Fsp3) is 0.303. The number of carbonyl (C=O) groups excluding carboxylic acids is 2. The molecule has 0 fully saturated rings. The van der Waals surface area contributed by atoms with Crippen LogP contribution in [0.4, 0.5) is 0 Å². The highest BCUT2D eigenvalue weighted by Gasteiger charge is 2.32. The maximum Gasteiger partial charge on any atom is 0.339 e. The van der Waals surface area contributed by atoms with E-state index in [0.717, 1.165) is 33.2 Å². The van der Waals surface area contributed by atoms with Crippen molar-refractivity contribution in [3.8, 4) is 22.6 Å². The Bertz CT molecular complexity index is 1830. The van der Waals surface area contributed by atoms with Crippen LogP contribution in [0.25, 0.3) is 5.00 Å². The summed E-state index contributed by atoms with van der Waals surface area (Å²) < 4.78 is 12.7. The van der Waals surface area contributed by atoms with E-state index in [-0.39, 0.29) is 18.9 Å². The van der Waals surface area contributed by atoms with Gasteiger partial charge in [-0.15, -0.1) is 21.5 Å². The first kappa shape index (κ1) is 31.9. The van der Waals surface area contributed by atoms with Crippen LogP contribution in [0.2, 0.25) is 5.02 Å². The summed E-state index contributed by atoms with van der Waals surface area (Å²) in [6.07, 6.45) is 0.657. The highest BCUT2D eigenvalue weighted by molar-refractivity contribution is 7.15. The predicted molar refractivity (Wildman–Crippen MR) is 175 cm³/mol. The lowest BCUT2D eigenvalue weighted by Crippen LogP contribution is -2.27. The molecule has 0 bridgehead atoms. The number of fused-ring (bicyclic) bond motifs is 3. The second-order valence-electron chi connectivity index (χ2n) is 10.4. The number of esters is 1. The molecule has 0 spiro atoms. The summed E-state index contributed by atoms with van der Waals surface area (Å²) in [4.78, 5) is 31.6. The number of aromatic nitrogens is 3. The van der Waals surface area contributed by atoms with Gasteiger partial charge in [-0.05, 0) is 63.1 Å². The van der Waals surface area contributed by atoms with E-state index < -0.39 is 12.0 Å². The third-order valence-electron chi connectivity index (χ3n) is 7.37. The van der Waals surface area contributed by atoms with Crippen LogP contribution in [0, 0.1) is 32.6 Å². The van der Waals surface area contributed by atoms with Crippen LogP contribution in [-0.2, 0) is 9.53 Å². The van der Waals surface area contributed by atoms with Crippen molar-refractivity contribution in [2.45, 2.75) is 39.7 Å². The summed E-state index contributed by atoms with van der Waals surface area (Å²) in [5, 5.41) is 13.4. The van der Waals surface area contributed by atoms with Gasteiger partial charge in [0.15, 0.2) is 5.82 Å². The Morgan fingerprint density at radius 1 is 1.13 bits per heavy atom. The van der Waals surface area contributed by atoms with E-state index in [1.807, 2.05) is 35.8 Å². The molecule has 2 aromatic heterocycles. The molecule has 232 valence electrons. The van der Waals surface area contributed by atoms with Gasteiger partial charge in [0.25, 0.3) is 0 Å². The normalized spacial score (nSPS) is 13.5. The van der Waals surface area contributed by atoms with Crippen molar-refractivity contribution in [3.63, 3.8) is 0 Å². The van der Waals surface area contributed by atoms with Gasteiger partial charge in [0, 0.05) is 33.1 Å². The van der Waals surface area contributed by atoms with Crippen LogP contribution < -0.4 is 15.8 Å². The van der Waals surface area contributed by atoms with Gasteiger partial charge in [-0.25, -0.2) is 4.79 Å². The Hall–Kier alpha value is -4.50. The van der Waals surface area contributed by atoms with E-state index in [4.69, 9.17) is 31.8 Å². The number of aliphatic imine (C=N–C) groups is 1. The number of ether oxygens (including phenoxy) is 2. The number of nitrogens with two attached hydrogens (primary N) is 1. The van der Waals surface area contributed by atoms with Gasteiger partial charge in [-0.2, -0.15) is 0 Å². The molecule has 0 unspecified atom stereocenters. The average molecular weight is 645 g/mol. The number of rotatable bonds is 9. The predicted octanol–water partition coefficient (Wildman–Crippen LogP) is 4.87. The number of carbonyl (C=O) groups is 2. The van der Waals surface area contributed by atoms with Crippen LogP contribution in [0.15, 0.2) is 47.5 Å². The Kier molecular flexibility index (Phi) is 9.98. The molecule has 1 aliphatic rings. The third kappa shape index (κ3) is 6.93. The van der Waals surface area contributed by atoms with Crippen LogP contribution in [0.5, 0.6) is 5.75 Å². The average Bonchev–Trinajstić information content (AvgIpc) is 3.51. The fourth-order valence-electron chi connectivity index (χ4n) is 5.02. The van der Waals surface area contributed by atoms with Crippen LogP contribution in [0.3, 0.4) is 0 Å². The number of nitrogens with zero attached hydrogens (tertiary/aromatic N) is 4. The SMILES string of the molecule is COC(=O)c1ccc(OCCCNC(=O)C[C@@H]2N=C(c3ccc(Cl)cc3)c3c(sc(C)c3C)-n3c(C)nnc32)cc1C#CCN. The highest BCUT2D eigenvalue weighted by atomic mass is 35.5. The number of halogens is 1. The Morgan fingerprint density at radius 2 is 1.91 bits per heavy atom. The fourth-order valence-corrected chi connectivity index (χ4v) is 6.36. The van der Waals surface area contributed by atoms with Gasteiger partial charge in [0.1, 0.15) is 22.6 Å². The molecule has 10 nitrogen and oxygen atoms in total. The molecule has 12 heteroatoms. The summed E-state index contributed by atoms with van der Waals surface area (Å²) in [7, 11) is 1.31. The second-order valence-corrected chi connectivity index (χ2v) is 12.0. The molecule has 0 aliphatic carbocycles. The topological polar surface area (TPSA) is 134 Å². The van der Waals surface area contributed by atoms with Gasteiger partial charge < -0.3 is 20.5 Å². The standard InChI is InChI=1S/C33H33ClN6O4S/c1-19-20(2)45-32-29(19)30(22-8-10-24(34)11-9-22)37-27(31-39-38-21(3)40(31)32)18-28(41)36-15-6-16-44-25-12-13-26(33(42)43-4)23(17-25)7-5-14-35/h8-13,17,27H,6,14-16,18,35H2,1-4H3,(H,36,41)/t27-/m0/s1. The number of nitrogens with one attached hydrogen (secondary N) is 1. The molecule has 1 atom stereocenters. The number of aryl methyl sites for hydroxylation is 2. The van der Waals surface area contributed by atoms with E-state index in [1.165, 1.54) is 12.0 Å². The molecule has 1 aliphatic heterocycles. The van der Waals surface area contributed by atoms with Crippen molar-refractivity contribution in [1.82, 2.24) is 20.1 Å². The monoisotopic (exact) mass is 644 g/mol. The van der Waals surface area contributed by atoms with Gasteiger partial charge in [-0.1, -0.05) is 35.6 Å².